The van der Waals surface area contributed by atoms with Crippen molar-refractivity contribution < 1.29 is 19.4 Å². The lowest BCUT2D eigenvalue weighted by Gasteiger charge is -2.24. The summed E-state index contributed by atoms with van der Waals surface area (Å²) >= 11 is 0. The van der Waals surface area contributed by atoms with Gasteiger partial charge in [-0.1, -0.05) is 0 Å². The van der Waals surface area contributed by atoms with Crippen LogP contribution in [0.2, 0.25) is 0 Å². The van der Waals surface area contributed by atoms with Crippen molar-refractivity contribution in [2.45, 2.75) is 12.3 Å². The van der Waals surface area contributed by atoms with E-state index in [1.807, 2.05) is 6.07 Å². The minimum absolute atomic E-state index is 0.0416. The van der Waals surface area contributed by atoms with Crippen LogP contribution in [0.15, 0.2) is 12.1 Å². The van der Waals surface area contributed by atoms with Crippen LogP contribution in [-0.4, -0.2) is 24.4 Å². The Morgan fingerprint density at radius 1 is 1.38 bits per heavy atom. The van der Waals surface area contributed by atoms with Gasteiger partial charge in [0.25, 0.3) is 0 Å². The van der Waals surface area contributed by atoms with Gasteiger partial charge >= 0.3 is 0 Å². The van der Waals surface area contributed by atoms with Gasteiger partial charge in [-0.3, -0.25) is 4.79 Å². The number of anilines is 1. The Kier molecular flexibility index (Phi) is 2.00. The van der Waals surface area contributed by atoms with Gasteiger partial charge in [0.05, 0.1) is 6.61 Å². The summed E-state index contributed by atoms with van der Waals surface area (Å²) in [6.45, 7) is 0.163. The normalized spacial score (nSPS) is 21.6. The van der Waals surface area contributed by atoms with Gasteiger partial charge in [-0.2, -0.15) is 0 Å². The smallest absolute Gasteiger partial charge is 0.231 e. The van der Waals surface area contributed by atoms with Crippen LogP contribution in [0.25, 0.3) is 0 Å². The topological polar surface area (TPSA) is 67.8 Å². The third-order valence-electron chi connectivity index (χ3n) is 2.91. The SMILES string of the molecule is O=C1CC(CO)c2cc3c(cc2N1)OCO3. The average Bonchev–Trinajstić information content (AvgIpc) is 2.72. The molecular formula is C11H11NO4. The lowest BCUT2D eigenvalue weighted by Crippen LogP contribution is -2.24. The quantitative estimate of drug-likeness (QED) is 0.737. The van der Waals surface area contributed by atoms with E-state index in [0.29, 0.717) is 23.6 Å². The Bertz CT molecular complexity index is 458. The molecule has 1 atom stereocenters. The van der Waals surface area contributed by atoms with E-state index in [0.717, 1.165) is 5.56 Å². The minimum atomic E-state index is -0.154. The van der Waals surface area contributed by atoms with E-state index in [2.05, 4.69) is 5.32 Å². The van der Waals surface area contributed by atoms with Gasteiger partial charge in [0.2, 0.25) is 12.7 Å². The van der Waals surface area contributed by atoms with Crippen LogP contribution in [0.5, 0.6) is 11.5 Å². The molecule has 0 saturated heterocycles. The summed E-state index contributed by atoms with van der Waals surface area (Å²) in [5, 5.41) is 12.0. The molecule has 0 aliphatic carbocycles. The summed E-state index contributed by atoms with van der Waals surface area (Å²) in [4.78, 5) is 11.4. The number of amides is 1. The summed E-state index contributed by atoms with van der Waals surface area (Å²) in [6.07, 6.45) is 0.309. The zero-order valence-corrected chi connectivity index (χ0v) is 8.53. The Hall–Kier alpha value is -1.75. The summed E-state index contributed by atoms with van der Waals surface area (Å²) in [5.41, 5.74) is 1.62. The molecular weight excluding hydrogens is 210 g/mol. The molecule has 0 aromatic heterocycles. The Morgan fingerprint density at radius 3 is 2.88 bits per heavy atom. The van der Waals surface area contributed by atoms with Crippen molar-refractivity contribution in [2.75, 3.05) is 18.7 Å². The maximum atomic E-state index is 11.4. The fourth-order valence-corrected chi connectivity index (χ4v) is 2.10. The minimum Gasteiger partial charge on any atom is -0.454 e. The number of benzene rings is 1. The highest BCUT2D eigenvalue weighted by atomic mass is 16.7. The molecule has 1 aromatic carbocycles. The highest BCUT2D eigenvalue weighted by Crippen LogP contribution is 2.42. The molecule has 5 nitrogen and oxygen atoms in total. The van der Waals surface area contributed by atoms with E-state index >= 15 is 0 Å². The van der Waals surface area contributed by atoms with Crippen LogP contribution in [-0.2, 0) is 4.79 Å². The maximum absolute atomic E-state index is 11.4. The molecule has 2 aliphatic heterocycles. The Labute approximate surface area is 92.0 Å². The maximum Gasteiger partial charge on any atom is 0.231 e. The van der Waals surface area contributed by atoms with E-state index in [9.17, 15) is 9.90 Å². The number of hydrogen-bond acceptors (Lipinski definition) is 4. The molecule has 84 valence electrons. The largest absolute Gasteiger partial charge is 0.454 e. The number of hydrogen-bond donors (Lipinski definition) is 2. The molecule has 0 saturated carbocycles. The second kappa shape index (κ2) is 3.38. The van der Waals surface area contributed by atoms with Crippen molar-refractivity contribution in [1.82, 2.24) is 0 Å². The molecule has 2 N–H and O–H groups in total. The second-order valence-electron chi connectivity index (χ2n) is 3.92. The van der Waals surface area contributed by atoms with E-state index in [-0.39, 0.29) is 25.2 Å². The molecule has 1 amide bonds. The van der Waals surface area contributed by atoms with E-state index in [1.165, 1.54) is 0 Å². The van der Waals surface area contributed by atoms with Gasteiger partial charge in [-0.05, 0) is 11.6 Å². The number of ether oxygens (including phenoxy) is 2. The van der Waals surface area contributed by atoms with Gasteiger partial charge in [-0.25, -0.2) is 0 Å². The summed E-state index contributed by atoms with van der Waals surface area (Å²) < 4.78 is 10.5. The van der Waals surface area contributed by atoms with Gasteiger partial charge < -0.3 is 19.9 Å². The zero-order chi connectivity index (χ0) is 11.1. The third kappa shape index (κ3) is 1.32. The summed E-state index contributed by atoms with van der Waals surface area (Å²) in [5.74, 6) is 1.08. The molecule has 3 rings (SSSR count). The van der Waals surface area contributed by atoms with Crippen LogP contribution in [0, 0.1) is 0 Å². The lowest BCUT2D eigenvalue weighted by molar-refractivity contribution is -0.117. The molecule has 1 unspecified atom stereocenters. The number of carbonyl (C=O) groups excluding carboxylic acids is 1. The first-order chi connectivity index (χ1) is 7.78. The Morgan fingerprint density at radius 2 is 2.12 bits per heavy atom. The number of nitrogens with one attached hydrogen (secondary N) is 1. The van der Waals surface area contributed by atoms with Gasteiger partial charge in [0.15, 0.2) is 11.5 Å². The number of aliphatic hydroxyl groups is 1. The molecule has 0 radical (unpaired) electrons. The van der Waals surface area contributed by atoms with Gasteiger partial charge in [0.1, 0.15) is 0 Å². The standard InChI is InChI=1S/C11H11NO4/c13-4-6-1-11(14)12-8-3-10-9(2-7(6)8)15-5-16-10/h2-3,6,13H,1,4-5H2,(H,12,14). The van der Waals surface area contributed by atoms with Crippen molar-refractivity contribution in [3.8, 4) is 11.5 Å². The van der Waals surface area contributed by atoms with E-state index in [4.69, 9.17) is 9.47 Å². The lowest BCUT2D eigenvalue weighted by atomic mass is 9.91. The highest BCUT2D eigenvalue weighted by molar-refractivity contribution is 5.95. The van der Waals surface area contributed by atoms with Crippen molar-refractivity contribution in [1.29, 1.82) is 0 Å². The van der Waals surface area contributed by atoms with Crippen LogP contribution in [0.3, 0.4) is 0 Å². The molecule has 0 fully saturated rings. The highest BCUT2D eigenvalue weighted by Gasteiger charge is 2.28. The van der Waals surface area contributed by atoms with Crippen molar-refractivity contribution >= 4 is 11.6 Å². The van der Waals surface area contributed by atoms with Crippen LogP contribution < -0.4 is 14.8 Å². The number of fused-ring (bicyclic) bond motifs is 2. The predicted molar refractivity (Wildman–Crippen MR) is 55.6 cm³/mol. The molecule has 2 aliphatic rings. The van der Waals surface area contributed by atoms with Gasteiger partial charge in [0, 0.05) is 24.1 Å². The number of rotatable bonds is 1. The first-order valence-electron chi connectivity index (χ1n) is 5.12. The molecule has 5 heteroatoms. The fourth-order valence-electron chi connectivity index (χ4n) is 2.10. The molecule has 16 heavy (non-hydrogen) atoms. The van der Waals surface area contributed by atoms with E-state index in [1.54, 1.807) is 6.07 Å². The van der Waals surface area contributed by atoms with Crippen LogP contribution in [0.4, 0.5) is 5.69 Å². The molecule has 2 heterocycles. The summed E-state index contributed by atoms with van der Waals surface area (Å²) in [7, 11) is 0. The predicted octanol–water partition coefficient (Wildman–Crippen LogP) is 0.833. The number of aliphatic hydroxyl groups excluding tert-OH is 1. The first-order valence-corrected chi connectivity index (χ1v) is 5.12. The first kappa shape index (κ1) is 9.47. The second-order valence-corrected chi connectivity index (χ2v) is 3.92. The summed E-state index contributed by atoms with van der Waals surface area (Å²) in [6, 6.07) is 3.58. The van der Waals surface area contributed by atoms with Crippen molar-refractivity contribution in [3.05, 3.63) is 17.7 Å². The molecule has 1 aromatic rings. The Balaban J connectivity index is 2.10. The van der Waals surface area contributed by atoms with E-state index < -0.39 is 0 Å². The average molecular weight is 221 g/mol. The molecule has 0 bridgehead atoms. The van der Waals surface area contributed by atoms with Crippen LogP contribution >= 0.6 is 0 Å². The number of carbonyl (C=O) groups is 1. The van der Waals surface area contributed by atoms with Crippen molar-refractivity contribution in [2.24, 2.45) is 0 Å². The monoisotopic (exact) mass is 221 g/mol. The third-order valence-corrected chi connectivity index (χ3v) is 2.91. The fraction of sp³-hybridized carbons (Fsp3) is 0.364. The van der Waals surface area contributed by atoms with Crippen LogP contribution in [0.1, 0.15) is 17.9 Å². The zero-order valence-electron chi connectivity index (χ0n) is 8.53. The van der Waals surface area contributed by atoms with Crippen molar-refractivity contribution in [3.63, 3.8) is 0 Å². The van der Waals surface area contributed by atoms with Gasteiger partial charge in [-0.15, -0.1) is 0 Å². The molecule has 0 spiro atoms.